The van der Waals surface area contributed by atoms with E-state index in [1.165, 1.54) is 0 Å². The molecular formula is C11H17N3O3. The molecule has 1 atom stereocenters. The molecule has 1 unspecified atom stereocenters. The zero-order valence-electron chi connectivity index (χ0n) is 10.1. The van der Waals surface area contributed by atoms with Crippen molar-refractivity contribution in [2.45, 2.75) is 45.2 Å². The van der Waals surface area contributed by atoms with Gasteiger partial charge in [0.05, 0.1) is 6.04 Å². The van der Waals surface area contributed by atoms with Crippen LogP contribution in [0.2, 0.25) is 0 Å². The van der Waals surface area contributed by atoms with Crippen molar-refractivity contribution < 1.29 is 14.4 Å². The van der Waals surface area contributed by atoms with Crippen LogP contribution in [0.5, 0.6) is 0 Å². The fourth-order valence-corrected chi connectivity index (χ4v) is 2.28. The summed E-state index contributed by atoms with van der Waals surface area (Å²) in [5.74, 6) is -0.139. The van der Waals surface area contributed by atoms with E-state index in [1.54, 1.807) is 0 Å². The molecule has 2 rings (SSSR count). The summed E-state index contributed by atoms with van der Waals surface area (Å²) in [7, 11) is 0. The summed E-state index contributed by atoms with van der Waals surface area (Å²) < 4.78 is 5.16. The van der Waals surface area contributed by atoms with E-state index >= 15 is 0 Å². The molecule has 1 aromatic heterocycles. The van der Waals surface area contributed by atoms with Crippen molar-refractivity contribution >= 4 is 5.97 Å². The molecule has 1 aliphatic heterocycles. The minimum atomic E-state index is -0.940. The lowest BCUT2D eigenvalue weighted by atomic mass is 10.2. The minimum absolute atomic E-state index is 0.144. The highest BCUT2D eigenvalue weighted by molar-refractivity contribution is 5.68. The first-order valence-electron chi connectivity index (χ1n) is 5.88. The van der Waals surface area contributed by atoms with E-state index in [4.69, 9.17) is 9.63 Å². The zero-order valence-corrected chi connectivity index (χ0v) is 10.1. The maximum Gasteiger partial charge on any atom is 0.311 e. The van der Waals surface area contributed by atoms with Crippen molar-refractivity contribution in [1.29, 1.82) is 0 Å². The summed E-state index contributed by atoms with van der Waals surface area (Å²) in [4.78, 5) is 17.0. The van der Waals surface area contributed by atoms with Gasteiger partial charge in [-0.2, -0.15) is 4.98 Å². The van der Waals surface area contributed by atoms with Gasteiger partial charge in [0.1, 0.15) is 6.42 Å². The predicted molar refractivity (Wildman–Crippen MR) is 59.5 cm³/mol. The zero-order chi connectivity index (χ0) is 12.4. The molecule has 94 valence electrons. The quantitative estimate of drug-likeness (QED) is 0.851. The van der Waals surface area contributed by atoms with Crippen LogP contribution in [0.4, 0.5) is 0 Å². The number of carboxylic acid groups (broad SMARTS) is 1. The molecule has 0 bridgehead atoms. The van der Waals surface area contributed by atoms with Gasteiger partial charge in [-0.25, -0.2) is 0 Å². The maximum atomic E-state index is 10.5. The number of hydrogen-bond donors (Lipinski definition) is 1. The first kappa shape index (κ1) is 12.0. The molecule has 0 amide bonds. The summed E-state index contributed by atoms with van der Waals surface area (Å²) in [6.07, 6.45) is 1.92. The number of carbonyl (C=O) groups is 1. The van der Waals surface area contributed by atoms with Gasteiger partial charge in [0, 0.05) is 6.04 Å². The molecule has 1 aromatic rings. The molecular weight excluding hydrogens is 222 g/mol. The molecule has 0 aliphatic carbocycles. The molecule has 0 spiro atoms. The fraction of sp³-hybridized carbons (Fsp3) is 0.727. The van der Waals surface area contributed by atoms with Crippen molar-refractivity contribution in [3.05, 3.63) is 11.7 Å². The van der Waals surface area contributed by atoms with Crippen LogP contribution in [0.1, 0.15) is 44.4 Å². The third-order valence-corrected chi connectivity index (χ3v) is 3.04. The summed E-state index contributed by atoms with van der Waals surface area (Å²) in [6, 6.07) is 0.572. The maximum absolute atomic E-state index is 10.5. The highest BCUT2D eigenvalue weighted by Gasteiger charge is 2.32. The predicted octanol–water partition coefficient (Wildman–Crippen LogP) is 1.24. The topological polar surface area (TPSA) is 79.5 Å². The molecule has 0 saturated carbocycles. The second-order valence-corrected chi connectivity index (χ2v) is 4.61. The molecule has 2 heterocycles. The molecule has 1 aliphatic rings. The Balaban J connectivity index is 2.11. The molecule has 1 saturated heterocycles. The fourth-order valence-electron chi connectivity index (χ4n) is 2.28. The van der Waals surface area contributed by atoms with Crippen LogP contribution < -0.4 is 0 Å². The van der Waals surface area contributed by atoms with Crippen molar-refractivity contribution in [3.63, 3.8) is 0 Å². The number of likely N-dealkylation sites (tertiary alicyclic amines) is 1. The Kier molecular flexibility index (Phi) is 3.42. The standard InChI is InChI=1S/C11H17N3O3/c1-7(2)14-5-3-4-8(14)11-12-9(13-17-11)6-10(15)16/h7-8H,3-6H2,1-2H3,(H,15,16). The highest BCUT2D eigenvalue weighted by atomic mass is 16.5. The van der Waals surface area contributed by atoms with Crippen LogP contribution >= 0.6 is 0 Å². The third-order valence-electron chi connectivity index (χ3n) is 3.04. The average molecular weight is 239 g/mol. The Labute approximate surface area is 99.6 Å². The summed E-state index contributed by atoms with van der Waals surface area (Å²) in [6.45, 7) is 5.29. The first-order valence-corrected chi connectivity index (χ1v) is 5.88. The van der Waals surface area contributed by atoms with Crippen LogP contribution in [-0.4, -0.2) is 38.7 Å². The monoisotopic (exact) mass is 239 g/mol. The second kappa shape index (κ2) is 4.83. The van der Waals surface area contributed by atoms with E-state index in [-0.39, 0.29) is 18.3 Å². The van der Waals surface area contributed by atoms with Gasteiger partial charge >= 0.3 is 5.97 Å². The molecule has 1 N–H and O–H groups in total. The summed E-state index contributed by atoms with van der Waals surface area (Å²) in [5, 5.41) is 12.4. The molecule has 0 radical (unpaired) electrons. The van der Waals surface area contributed by atoms with Crippen molar-refractivity contribution in [2.24, 2.45) is 0 Å². The van der Waals surface area contributed by atoms with Crippen molar-refractivity contribution in [1.82, 2.24) is 15.0 Å². The molecule has 0 aromatic carbocycles. The smallest absolute Gasteiger partial charge is 0.311 e. The Morgan fingerprint density at radius 2 is 2.41 bits per heavy atom. The van der Waals surface area contributed by atoms with Gasteiger partial charge in [0.15, 0.2) is 5.82 Å². The molecule has 1 fully saturated rings. The van der Waals surface area contributed by atoms with Crippen LogP contribution in [0.15, 0.2) is 4.52 Å². The van der Waals surface area contributed by atoms with Gasteiger partial charge in [-0.05, 0) is 33.2 Å². The van der Waals surface area contributed by atoms with Crippen LogP contribution in [-0.2, 0) is 11.2 Å². The lowest BCUT2D eigenvalue weighted by Crippen LogP contribution is -2.30. The second-order valence-electron chi connectivity index (χ2n) is 4.61. The van der Waals surface area contributed by atoms with Gasteiger partial charge in [-0.3, -0.25) is 9.69 Å². The van der Waals surface area contributed by atoms with E-state index < -0.39 is 5.97 Å². The number of hydrogen-bond acceptors (Lipinski definition) is 5. The SMILES string of the molecule is CC(C)N1CCCC1c1nc(CC(=O)O)no1. The van der Waals surface area contributed by atoms with Crippen LogP contribution in [0, 0.1) is 0 Å². The normalized spacial score (nSPS) is 21.2. The van der Waals surface area contributed by atoms with E-state index in [9.17, 15) is 4.79 Å². The minimum Gasteiger partial charge on any atom is -0.481 e. The van der Waals surface area contributed by atoms with Gasteiger partial charge in [0.2, 0.25) is 5.89 Å². The van der Waals surface area contributed by atoms with E-state index in [0.717, 1.165) is 19.4 Å². The summed E-state index contributed by atoms with van der Waals surface area (Å²) >= 11 is 0. The number of nitrogens with zero attached hydrogens (tertiary/aromatic N) is 3. The molecule has 17 heavy (non-hydrogen) atoms. The van der Waals surface area contributed by atoms with Gasteiger partial charge in [-0.15, -0.1) is 0 Å². The van der Waals surface area contributed by atoms with Crippen LogP contribution in [0.3, 0.4) is 0 Å². The Morgan fingerprint density at radius 1 is 1.65 bits per heavy atom. The number of rotatable bonds is 4. The highest BCUT2D eigenvalue weighted by Crippen LogP contribution is 2.32. The van der Waals surface area contributed by atoms with Crippen LogP contribution in [0.25, 0.3) is 0 Å². The lowest BCUT2D eigenvalue weighted by Gasteiger charge is -2.25. The molecule has 6 heteroatoms. The van der Waals surface area contributed by atoms with E-state index in [1.807, 2.05) is 0 Å². The number of aliphatic carboxylic acids is 1. The number of carboxylic acids is 1. The van der Waals surface area contributed by atoms with Crippen molar-refractivity contribution in [2.75, 3.05) is 6.54 Å². The van der Waals surface area contributed by atoms with Gasteiger partial charge in [0.25, 0.3) is 0 Å². The van der Waals surface area contributed by atoms with E-state index in [2.05, 4.69) is 28.9 Å². The summed E-state index contributed by atoms with van der Waals surface area (Å²) in [5.41, 5.74) is 0. The number of aromatic nitrogens is 2. The Morgan fingerprint density at radius 3 is 3.06 bits per heavy atom. The Hall–Kier alpha value is -1.43. The molecule has 6 nitrogen and oxygen atoms in total. The Bertz CT molecular complexity index is 402. The van der Waals surface area contributed by atoms with Gasteiger partial charge in [-0.1, -0.05) is 5.16 Å². The van der Waals surface area contributed by atoms with Crippen molar-refractivity contribution in [3.8, 4) is 0 Å². The first-order chi connectivity index (χ1) is 8.08. The van der Waals surface area contributed by atoms with E-state index in [0.29, 0.717) is 11.9 Å². The van der Waals surface area contributed by atoms with Gasteiger partial charge < -0.3 is 9.63 Å². The lowest BCUT2D eigenvalue weighted by molar-refractivity contribution is -0.136. The average Bonchev–Trinajstić information content (AvgIpc) is 2.82. The largest absolute Gasteiger partial charge is 0.481 e. The third kappa shape index (κ3) is 2.63.